The monoisotopic (exact) mass is 636 g/mol. The molecule has 2 saturated heterocycles. The summed E-state index contributed by atoms with van der Waals surface area (Å²) in [5, 5.41) is 11.3. The van der Waals surface area contributed by atoms with Gasteiger partial charge in [0.05, 0.1) is 16.2 Å². The number of hydrogen-bond acceptors (Lipinski definition) is 7. The number of urea groups is 1. The molecule has 0 radical (unpaired) electrons. The molecule has 3 amide bonds. The third-order valence-electron chi connectivity index (χ3n) is 8.57. The Morgan fingerprint density at radius 1 is 0.978 bits per heavy atom. The number of anilines is 1. The standard InChI is InChI=1S/C32H33FN4O7S/c33-24-14-6-4-12-22(24)28-27(45(43,44)21-10-2-1-3-11-21)20-26(29(39)36-17-8-9-18-36)37(28)25-15-7-5-13-23(25)32(16-19-38,30(40)41)35-31(34)42/h1-7,10-15,19,26-28H,8-9,16-18,20H2,(H,40,41)(H3,34,35,42). The molecule has 0 aromatic heterocycles. The highest BCUT2D eigenvalue weighted by Crippen LogP contribution is 2.49. The maximum atomic E-state index is 15.7. The normalized spacial score (nSPS) is 21.2. The van der Waals surface area contributed by atoms with Crippen molar-refractivity contribution >= 4 is 39.7 Å². The Bertz CT molecular complexity index is 1720. The second-order valence-corrected chi connectivity index (χ2v) is 13.3. The topological polar surface area (TPSA) is 167 Å². The van der Waals surface area contributed by atoms with Crippen LogP contribution >= 0.6 is 0 Å². The number of para-hydroxylation sites is 1. The van der Waals surface area contributed by atoms with Crippen LogP contribution in [0.2, 0.25) is 0 Å². The van der Waals surface area contributed by atoms with Crippen molar-refractivity contribution in [3.8, 4) is 0 Å². The third-order valence-corrected chi connectivity index (χ3v) is 10.7. The molecule has 0 bridgehead atoms. The van der Waals surface area contributed by atoms with Crippen LogP contribution in [0.4, 0.5) is 14.9 Å². The molecular weight excluding hydrogens is 603 g/mol. The van der Waals surface area contributed by atoms with Gasteiger partial charge in [-0.1, -0.05) is 54.6 Å². The van der Waals surface area contributed by atoms with Gasteiger partial charge in [-0.2, -0.15) is 0 Å². The summed E-state index contributed by atoms with van der Waals surface area (Å²) < 4.78 is 44.4. The third kappa shape index (κ3) is 5.75. The summed E-state index contributed by atoms with van der Waals surface area (Å²) in [4.78, 5) is 54.2. The molecule has 4 N–H and O–H groups in total. The van der Waals surface area contributed by atoms with E-state index in [9.17, 15) is 32.7 Å². The van der Waals surface area contributed by atoms with Crippen LogP contribution in [0.15, 0.2) is 83.8 Å². The van der Waals surface area contributed by atoms with Crippen molar-refractivity contribution < 1.29 is 37.1 Å². The van der Waals surface area contributed by atoms with Gasteiger partial charge in [-0.05, 0) is 43.5 Å². The van der Waals surface area contributed by atoms with Crippen LogP contribution in [0.5, 0.6) is 0 Å². The van der Waals surface area contributed by atoms with Crippen molar-refractivity contribution in [3.05, 3.63) is 95.8 Å². The van der Waals surface area contributed by atoms with Crippen LogP contribution in [0.25, 0.3) is 0 Å². The lowest BCUT2D eigenvalue weighted by molar-refractivity contribution is -0.146. The fourth-order valence-electron chi connectivity index (χ4n) is 6.55. The van der Waals surface area contributed by atoms with Crippen molar-refractivity contribution in [2.45, 2.75) is 53.5 Å². The van der Waals surface area contributed by atoms with Crippen LogP contribution in [-0.2, 0) is 29.8 Å². The maximum absolute atomic E-state index is 15.7. The van der Waals surface area contributed by atoms with Crippen LogP contribution in [0.3, 0.4) is 0 Å². The Hall–Kier alpha value is -4.78. The van der Waals surface area contributed by atoms with E-state index in [2.05, 4.69) is 5.32 Å². The number of halogens is 1. The zero-order chi connectivity index (χ0) is 32.4. The van der Waals surface area contributed by atoms with E-state index in [1.807, 2.05) is 0 Å². The van der Waals surface area contributed by atoms with Crippen molar-refractivity contribution in [1.29, 1.82) is 0 Å². The Labute approximate surface area is 259 Å². The van der Waals surface area contributed by atoms with Gasteiger partial charge >= 0.3 is 12.0 Å². The molecule has 45 heavy (non-hydrogen) atoms. The minimum absolute atomic E-state index is 0.0184. The van der Waals surface area contributed by atoms with E-state index in [0.29, 0.717) is 19.4 Å². The van der Waals surface area contributed by atoms with E-state index in [0.717, 1.165) is 12.8 Å². The second-order valence-electron chi connectivity index (χ2n) is 11.1. The molecule has 2 fully saturated rings. The van der Waals surface area contributed by atoms with Crippen LogP contribution in [0.1, 0.15) is 42.9 Å². The van der Waals surface area contributed by atoms with E-state index in [1.165, 1.54) is 53.4 Å². The largest absolute Gasteiger partial charge is 0.479 e. The van der Waals surface area contributed by atoms with Gasteiger partial charge in [0.2, 0.25) is 5.91 Å². The Balaban J connectivity index is 1.81. The summed E-state index contributed by atoms with van der Waals surface area (Å²) >= 11 is 0. The Kier molecular flexibility index (Phi) is 8.91. The number of carbonyl (C=O) groups is 4. The molecule has 5 rings (SSSR count). The summed E-state index contributed by atoms with van der Waals surface area (Å²) in [6.45, 7) is 0.886. The van der Waals surface area contributed by atoms with E-state index >= 15 is 4.39 Å². The summed E-state index contributed by atoms with van der Waals surface area (Å²) in [6.07, 6.45) is 0.839. The van der Waals surface area contributed by atoms with E-state index < -0.39 is 62.9 Å². The SMILES string of the molecule is NC(=O)NC(CC=O)(C(=O)O)c1ccccc1N1C(C(=O)N2CCCC2)CC(S(=O)(=O)c2ccccc2)C1c1ccccc1F. The average molecular weight is 637 g/mol. The number of nitrogens with zero attached hydrogens (tertiary/aromatic N) is 2. The highest BCUT2D eigenvalue weighted by atomic mass is 32.2. The Morgan fingerprint density at radius 2 is 1.60 bits per heavy atom. The number of sulfone groups is 1. The number of nitrogens with two attached hydrogens (primary N) is 1. The molecular formula is C32H33FN4O7S. The number of rotatable bonds is 10. The first-order chi connectivity index (χ1) is 21.5. The first kappa shape index (κ1) is 31.6. The summed E-state index contributed by atoms with van der Waals surface area (Å²) in [7, 11) is -4.22. The number of likely N-dealkylation sites (tertiary alicyclic amines) is 1. The van der Waals surface area contributed by atoms with Gasteiger partial charge in [0, 0.05) is 36.3 Å². The molecule has 0 aliphatic carbocycles. The number of aliphatic carboxylic acids is 1. The van der Waals surface area contributed by atoms with Crippen LogP contribution in [-0.4, -0.2) is 67.0 Å². The number of primary amides is 1. The molecule has 3 aromatic rings. The number of carboxylic acids is 1. The first-order valence-corrected chi connectivity index (χ1v) is 16.0. The molecule has 4 atom stereocenters. The lowest BCUT2D eigenvalue weighted by Gasteiger charge is -2.39. The zero-order valence-corrected chi connectivity index (χ0v) is 25.0. The predicted molar refractivity (Wildman–Crippen MR) is 162 cm³/mol. The number of benzene rings is 3. The van der Waals surface area contributed by atoms with E-state index in [-0.39, 0.29) is 28.1 Å². The molecule has 2 aliphatic rings. The minimum Gasteiger partial charge on any atom is -0.479 e. The molecule has 13 heteroatoms. The van der Waals surface area contributed by atoms with E-state index in [1.54, 1.807) is 35.2 Å². The fraction of sp³-hybridized carbons (Fsp3) is 0.312. The number of nitrogens with one attached hydrogen (secondary N) is 1. The van der Waals surface area contributed by atoms with Gasteiger partial charge in [-0.15, -0.1) is 0 Å². The van der Waals surface area contributed by atoms with E-state index in [4.69, 9.17) is 5.73 Å². The molecule has 4 unspecified atom stereocenters. The number of amides is 3. The maximum Gasteiger partial charge on any atom is 0.334 e. The van der Waals surface area contributed by atoms with Gasteiger partial charge in [0.1, 0.15) is 18.1 Å². The van der Waals surface area contributed by atoms with Gasteiger partial charge in [-0.25, -0.2) is 22.4 Å². The highest BCUT2D eigenvalue weighted by Gasteiger charge is 2.54. The molecule has 3 aromatic carbocycles. The molecule has 0 spiro atoms. The summed E-state index contributed by atoms with van der Waals surface area (Å²) in [5.41, 5.74) is 2.90. The van der Waals surface area contributed by atoms with Gasteiger partial charge in [0.25, 0.3) is 0 Å². The van der Waals surface area contributed by atoms with Crippen molar-refractivity contribution in [1.82, 2.24) is 10.2 Å². The van der Waals surface area contributed by atoms with Gasteiger partial charge in [0.15, 0.2) is 15.4 Å². The number of carboxylic acid groups (broad SMARTS) is 1. The predicted octanol–water partition coefficient (Wildman–Crippen LogP) is 3.15. The van der Waals surface area contributed by atoms with Gasteiger partial charge < -0.3 is 30.8 Å². The van der Waals surface area contributed by atoms with Crippen LogP contribution < -0.4 is 16.0 Å². The quantitative estimate of drug-likeness (QED) is 0.285. The lowest BCUT2D eigenvalue weighted by Crippen LogP contribution is -2.55. The molecule has 236 valence electrons. The number of carbonyl (C=O) groups excluding carboxylic acids is 3. The lowest BCUT2D eigenvalue weighted by atomic mass is 9.85. The molecule has 0 saturated carbocycles. The van der Waals surface area contributed by atoms with Crippen LogP contribution in [0, 0.1) is 5.82 Å². The number of aldehydes is 1. The van der Waals surface area contributed by atoms with Crippen molar-refractivity contribution in [2.75, 3.05) is 18.0 Å². The smallest absolute Gasteiger partial charge is 0.334 e. The fourth-order valence-corrected chi connectivity index (χ4v) is 8.49. The Morgan fingerprint density at radius 3 is 2.22 bits per heavy atom. The first-order valence-electron chi connectivity index (χ1n) is 14.5. The second kappa shape index (κ2) is 12.7. The van der Waals surface area contributed by atoms with Crippen molar-refractivity contribution in [2.24, 2.45) is 5.73 Å². The highest BCUT2D eigenvalue weighted by molar-refractivity contribution is 7.92. The number of hydrogen-bond donors (Lipinski definition) is 3. The minimum atomic E-state index is -4.22. The molecule has 2 heterocycles. The zero-order valence-electron chi connectivity index (χ0n) is 24.2. The summed E-state index contributed by atoms with van der Waals surface area (Å²) in [6, 6.07) is 15.4. The summed E-state index contributed by atoms with van der Waals surface area (Å²) in [5.74, 6) is -2.73. The van der Waals surface area contributed by atoms with Crippen molar-refractivity contribution in [3.63, 3.8) is 0 Å². The molecule has 11 nitrogen and oxygen atoms in total. The average Bonchev–Trinajstić information content (AvgIpc) is 3.70. The molecule has 2 aliphatic heterocycles. The van der Waals surface area contributed by atoms with Gasteiger partial charge in [-0.3, -0.25) is 4.79 Å².